The number of hydrogen-bond acceptors (Lipinski definition) is 4. The fourth-order valence-corrected chi connectivity index (χ4v) is 3.96. The molecule has 1 N–H and O–H groups in total. The van der Waals surface area contributed by atoms with E-state index >= 15 is 0 Å². The summed E-state index contributed by atoms with van der Waals surface area (Å²) in [6.07, 6.45) is 0. The van der Waals surface area contributed by atoms with E-state index in [0.717, 1.165) is 33.6 Å². The minimum Gasteiger partial charge on any atom is -0.350 e. The van der Waals surface area contributed by atoms with Crippen molar-refractivity contribution in [1.82, 2.24) is 14.5 Å². The molecule has 4 rings (SSSR count). The molecule has 6 nitrogen and oxygen atoms in total. The highest BCUT2D eigenvalue weighted by Gasteiger charge is 2.18. The Labute approximate surface area is 172 Å². The standard InChI is InChI=1S/C21H15F2N3O3S/c22-14-8-15(23)10-16(9-14)26-20(28)19-17(6-7-30-19)25(21(26)29)12-18(27)24-11-13-4-2-1-3-5-13/h1-10H,11-12H2,(H,24,27). The Kier molecular flexibility index (Phi) is 5.28. The van der Waals surface area contributed by atoms with Crippen molar-refractivity contribution in [2.45, 2.75) is 13.1 Å². The van der Waals surface area contributed by atoms with Crippen LogP contribution in [0, 0.1) is 11.6 Å². The minimum absolute atomic E-state index is 0.204. The van der Waals surface area contributed by atoms with E-state index < -0.39 is 28.8 Å². The molecule has 0 saturated heterocycles. The van der Waals surface area contributed by atoms with Gasteiger partial charge in [-0.1, -0.05) is 30.3 Å². The summed E-state index contributed by atoms with van der Waals surface area (Å²) in [5.41, 5.74) is -0.616. The summed E-state index contributed by atoms with van der Waals surface area (Å²) in [5, 5.41) is 4.33. The van der Waals surface area contributed by atoms with Crippen LogP contribution in [0.3, 0.4) is 0 Å². The number of carbonyl (C=O) groups is 1. The van der Waals surface area contributed by atoms with Crippen molar-refractivity contribution in [3.63, 3.8) is 0 Å². The summed E-state index contributed by atoms with van der Waals surface area (Å²) in [5.74, 6) is -2.28. The highest BCUT2D eigenvalue weighted by Crippen LogP contribution is 2.17. The van der Waals surface area contributed by atoms with Crippen molar-refractivity contribution in [2.24, 2.45) is 0 Å². The molecule has 0 spiro atoms. The lowest BCUT2D eigenvalue weighted by molar-refractivity contribution is -0.121. The predicted molar refractivity (Wildman–Crippen MR) is 110 cm³/mol. The van der Waals surface area contributed by atoms with E-state index in [2.05, 4.69) is 5.32 Å². The number of benzene rings is 2. The molecule has 0 saturated carbocycles. The number of fused-ring (bicyclic) bond motifs is 1. The summed E-state index contributed by atoms with van der Waals surface area (Å²) in [7, 11) is 0. The van der Waals surface area contributed by atoms with E-state index in [1.165, 1.54) is 0 Å². The van der Waals surface area contributed by atoms with E-state index in [1.54, 1.807) is 11.4 Å². The third kappa shape index (κ3) is 3.79. The van der Waals surface area contributed by atoms with Crippen molar-refractivity contribution in [2.75, 3.05) is 0 Å². The Balaban J connectivity index is 1.74. The van der Waals surface area contributed by atoms with Gasteiger partial charge < -0.3 is 5.32 Å². The predicted octanol–water partition coefficient (Wildman–Crippen LogP) is 2.81. The molecule has 2 aromatic heterocycles. The molecule has 9 heteroatoms. The highest BCUT2D eigenvalue weighted by molar-refractivity contribution is 7.17. The molecule has 0 atom stereocenters. The Hall–Kier alpha value is -3.59. The van der Waals surface area contributed by atoms with Crippen molar-refractivity contribution in [1.29, 1.82) is 0 Å². The Morgan fingerprint density at radius 3 is 2.40 bits per heavy atom. The third-order valence-corrected chi connectivity index (χ3v) is 5.39. The van der Waals surface area contributed by atoms with E-state index in [-0.39, 0.29) is 29.0 Å². The number of carbonyl (C=O) groups excluding carboxylic acids is 1. The third-order valence-electron chi connectivity index (χ3n) is 4.49. The average Bonchev–Trinajstić information content (AvgIpc) is 3.20. The van der Waals surface area contributed by atoms with Crippen LogP contribution in [-0.2, 0) is 17.9 Å². The monoisotopic (exact) mass is 427 g/mol. The number of amides is 1. The maximum atomic E-state index is 13.7. The van der Waals surface area contributed by atoms with Crippen LogP contribution in [0.4, 0.5) is 8.78 Å². The topological polar surface area (TPSA) is 73.1 Å². The second kappa shape index (κ2) is 8.03. The maximum Gasteiger partial charge on any atom is 0.336 e. The lowest BCUT2D eigenvalue weighted by Crippen LogP contribution is -2.41. The molecule has 1 amide bonds. The van der Waals surface area contributed by atoms with Gasteiger partial charge in [0.15, 0.2) is 0 Å². The molecule has 0 aliphatic heterocycles. The van der Waals surface area contributed by atoms with Gasteiger partial charge in [-0.2, -0.15) is 0 Å². The number of nitrogens with one attached hydrogen (secondary N) is 1. The molecule has 4 aromatic rings. The number of hydrogen-bond donors (Lipinski definition) is 1. The van der Waals surface area contributed by atoms with E-state index in [0.29, 0.717) is 10.6 Å². The molecule has 0 aliphatic carbocycles. The lowest BCUT2D eigenvalue weighted by Gasteiger charge is -2.13. The number of rotatable bonds is 5. The smallest absolute Gasteiger partial charge is 0.336 e. The molecule has 0 aliphatic rings. The first-order valence-electron chi connectivity index (χ1n) is 8.94. The number of nitrogens with zero attached hydrogens (tertiary/aromatic N) is 2. The van der Waals surface area contributed by atoms with Crippen molar-refractivity contribution >= 4 is 27.5 Å². The first-order chi connectivity index (χ1) is 14.4. The van der Waals surface area contributed by atoms with Gasteiger partial charge in [-0.05, 0) is 29.1 Å². The molecule has 0 bridgehead atoms. The van der Waals surface area contributed by atoms with Gasteiger partial charge in [0.25, 0.3) is 5.56 Å². The van der Waals surface area contributed by atoms with Gasteiger partial charge in [0.1, 0.15) is 22.9 Å². The quantitative estimate of drug-likeness (QED) is 0.532. The van der Waals surface area contributed by atoms with E-state index in [9.17, 15) is 23.2 Å². The summed E-state index contributed by atoms with van der Waals surface area (Å²) >= 11 is 1.08. The van der Waals surface area contributed by atoms with Crippen LogP contribution in [0.25, 0.3) is 15.9 Å². The van der Waals surface area contributed by atoms with Crippen molar-refractivity contribution < 1.29 is 13.6 Å². The highest BCUT2D eigenvalue weighted by atomic mass is 32.1. The van der Waals surface area contributed by atoms with Gasteiger partial charge in [0.05, 0.1) is 11.2 Å². The fraction of sp³-hybridized carbons (Fsp3) is 0.0952. The summed E-state index contributed by atoms with van der Waals surface area (Å²) in [4.78, 5) is 38.3. The summed E-state index contributed by atoms with van der Waals surface area (Å²) in [6, 6.07) is 13.2. The van der Waals surface area contributed by atoms with Gasteiger partial charge in [-0.25, -0.2) is 18.1 Å². The Bertz CT molecular complexity index is 1340. The molecular formula is C21H15F2N3O3S. The lowest BCUT2D eigenvalue weighted by atomic mass is 10.2. The normalized spacial score (nSPS) is 11.0. The zero-order chi connectivity index (χ0) is 21.3. The van der Waals surface area contributed by atoms with Gasteiger partial charge in [-0.15, -0.1) is 11.3 Å². The molecule has 2 aromatic carbocycles. The van der Waals surface area contributed by atoms with Crippen LogP contribution < -0.4 is 16.6 Å². The SMILES string of the molecule is O=C(Cn1c(=O)n(-c2cc(F)cc(F)c2)c(=O)c2sccc21)NCc1ccccc1. The second-order valence-corrected chi connectivity index (χ2v) is 7.45. The number of halogens is 2. The van der Waals surface area contributed by atoms with E-state index in [4.69, 9.17) is 0 Å². The van der Waals surface area contributed by atoms with Gasteiger partial charge in [0, 0.05) is 12.6 Å². The largest absolute Gasteiger partial charge is 0.350 e. The molecule has 0 radical (unpaired) electrons. The first kappa shape index (κ1) is 19.7. The molecule has 152 valence electrons. The Morgan fingerprint density at radius 1 is 1.00 bits per heavy atom. The number of aromatic nitrogens is 2. The Morgan fingerprint density at radius 2 is 1.70 bits per heavy atom. The van der Waals surface area contributed by atoms with Crippen LogP contribution in [0.15, 0.2) is 69.6 Å². The van der Waals surface area contributed by atoms with Gasteiger partial charge in [0.2, 0.25) is 5.91 Å². The summed E-state index contributed by atoms with van der Waals surface area (Å²) in [6.45, 7) is -0.0765. The van der Waals surface area contributed by atoms with Gasteiger partial charge >= 0.3 is 5.69 Å². The maximum absolute atomic E-state index is 13.7. The molecule has 0 unspecified atom stereocenters. The molecule has 2 heterocycles. The van der Waals surface area contributed by atoms with E-state index in [1.807, 2.05) is 30.3 Å². The average molecular weight is 427 g/mol. The molecule has 0 fully saturated rings. The van der Waals surface area contributed by atoms with Crippen LogP contribution >= 0.6 is 11.3 Å². The number of thiophene rings is 1. The van der Waals surface area contributed by atoms with Gasteiger partial charge in [-0.3, -0.25) is 14.2 Å². The van der Waals surface area contributed by atoms with Crippen LogP contribution in [0.1, 0.15) is 5.56 Å². The zero-order valence-electron chi connectivity index (χ0n) is 15.5. The first-order valence-corrected chi connectivity index (χ1v) is 9.82. The molecule has 30 heavy (non-hydrogen) atoms. The van der Waals surface area contributed by atoms with Crippen LogP contribution in [-0.4, -0.2) is 15.0 Å². The zero-order valence-corrected chi connectivity index (χ0v) is 16.3. The second-order valence-electron chi connectivity index (χ2n) is 6.53. The molecular weight excluding hydrogens is 412 g/mol. The minimum atomic E-state index is -0.922. The van der Waals surface area contributed by atoms with Crippen molar-refractivity contribution in [3.05, 3.63) is 98.0 Å². The van der Waals surface area contributed by atoms with Crippen molar-refractivity contribution in [3.8, 4) is 5.69 Å². The summed E-state index contributed by atoms with van der Waals surface area (Å²) < 4.78 is 29.4. The fourth-order valence-electron chi connectivity index (χ4n) is 3.13. The van der Waals surface area contributed by atoms with Crippen LogP contribution in [0.2, 0.25) is 0 Å². The van der Waals surface area contributed by atoms with Crippen LogP contribution in [0.5, 0.6) is 0 Å².